The highest BCUT2D eigenvalue weighted by Crippen LogP contribution is 2.43. The molecule has 2 aliphatic rings. The number of amides is 1. The molecule has 200 valence electrons. The lowest BCUT2D eigenvalue weighted by Crippen LogP contribution is -2.48. The van der Waals surface area contributed by atoms with Gasteiger partial charge in [-0.15, -0.1) is 11.3 Å². The first-order valence-corrected chi connectivity index (χ1v) is 14.2. The van der Waals surface area contributed by atoms with Crippen LogP contribution in [-0.2, 0) is 4.74 Å². The average molecular weight is 543 g/mol. The molecule has 2 bridgehead atoms. The minimum atomic E-state index is -0.497. The quantitative estimate of drug-likeness (QED) is 0.271. The summed E-state index contributed by atoms with van der Waals surface area (Å²) < 4.78 is 15.1. The lowest BCUT2D eigenvalue weighted by Gasteiger charge is -2.39. The molecule has 3 atom stereocenters. The molecule has 0 saturated carbocycles. The number of nitrogen functional groups attached to an aromatic ring is 1. The Labute approximate surface area is 229 Å². The Kier molecular flexibility index (Phi) is 5.45. The molecule has 0 aromatic carbocycles. The van der Waals surface area contributed by atoms with Crippen LogP contribution in [0.3, 0.4) is 0 Å². The Morgan fingerprint density at radius 2 is 1.90 bits per heavy atom. The van der Waals surface area contributed by atoms with Gasteiger partial charge < -0.3 is 19.8 Å². The number of hydrogen-bond acceptors (Lipinski definition) is 8. The maximum atomic E-state index is 12.9. The minimum absolute atomic E-state index is 0.174. The smallest absolute Gasteiger partial charge is 0.410 e. The molecule has 7 rings (SSSR count). The summed E-state index contributed by atoms with van der Waals surface area (Å²) in [5.74, 6) is 1.11. The molecule has 10 heteroatoms. The van der Waals surface area contributed by atoms with E-state index in [0.29, 0.717) is 11.4 Å². The normalized spacial score (nSPS) is 21.2. The molecule has 9 nitrogen and oxygen atoms in total. The van der Waals surface area contributed by atoms with Crippen LogP contribution >= 0.6 is 11.3 Å². The van der Waals surface area contributed by atoms with E-state index in [-0.39, 0.29) is 24.2 Å². The van der Waals surface area contributed by atoms with Gasteiger partial charge in [-0.1, -0.05) is 0 Å². The molecule has 7 heterocycles. The summed E-state index contributed by atoms with van der Waals surface area (Å²) in [7, 11) is 0. The number of piperidine rings is 1. The molecule has 0 radical (unpaired) electrons. The second kappa shape index (κ2) is 8.81. The van der Waals surface area contributed by atoms with Gasteiger partial charge in [-0.2, -0.15) is 5.10 Å². The van der Waals surface area contributed by atoms with E-state index < -0.39 is 5.60 Å². The Hall–Kier alpha value is -3.92. The van der Waals surface area contributed by atoms with Crippen LogP contribution in [0.5, 0.6) is 0 Å². The molecule has 0 spiro atoms. The van der Waals surface area contributed by atoms with Gasteiger partial charge in [0, 0.05) is 69.7 Å². The Morgan fingerprint density at radius 3 is 2.67 bits per heavy atom. The van der Waals surface area contributed by atoms with Crippen LogP contribution in [0.4, 0.5) is 10.6 Å². The number of fused-ring (bicyclic) bond motifs is 4. The van der Waals surface area contributed by atoms with E-state index >= 15 is 0 Å². The number of ether oxygens (including phenoxy) is 1. The van der Waals surface area contributed by atoms with Gasteiger partial charge in [0.05, 0.1) is 16.9 Å². The van der Waals surface area contributed by atoms with Crippen LogP contribution in [0, 0.1) is 0 Å². The Bertz CT molecular complexity index is 1700. The molecule has 2 saturated heterocycles. The third kappa shape index (κ3) is 4.14. The van der Waals surface area contributed by atoms with Crippen molar-refractivity contribution < 1.29 is 13.9 Å². The number of carbonyl (C=O) groups excluding carboxylic acids is 1. The fraction of sp³-hybridized carbons (Fsp3) is 0.379. The van der Waals surface area contributed by atoms with Crippen molar-refractivity contribution in [1.29, 1.82) is 0 Å². The number of hydrogen-bond donors (Lipinski definition) is 1. The highest BCUT2D eigenvalue weighted by atomic mass is 32.1. The van der Waals surface area contributed by atoms with Crippen molar-refractivity contribution in [1.82, 2.24) is 24.6 Å². The molecule has 2 fully saturated rings. The van der Waals surface area contributed by atoms with Crippen molar-refractivity contribution in [2.75, 3.05) is 5.73 Å². The van der Waals surface area contributed by atoms with Crippen LogP contribution in [0.25, 0.3) is 43.5 Å². The molecule has 2 N–H and O–H groups in total. The van der Waals surface area contributed by atoms with Crippen LogP contribution in [-0.4, -0.2) is 48.4 Å². The molecule has 5 aromatic rings. The summed E-state index contributed by atoms with van der Waals surface area (Å²) in [5, 5.41) is 8.85. The first-order valence-electron chi connectivity index (χ1n) is 13.3. The number of carbonyl (C=O) groups is 1. The number of furan rings is 1. The van der Waals surface area contributed by atoms with Crippen molar-refractivity contribution in [2.24, 2.45) is 0 Å². The molecule has 2 aliphatic heterocycles. The van der Waals surface area contributed by atoms with Gasteiger partial charge in [0.15, 0.2) is 11.4 Å². The summed E-state index contributed by atoms with van der Waals surface area (Å²) in [5.41, 5.74) is 9.22. The maximum absolute atomic E-state index is 12.9. The largest absolute Gasteiger partial charge is 0.452 e. The van der Waals surface area contributed by atoms with E-state index in [2.05, 4.69) is 26.2 Å². The van der Waals surface area contributed by atoms with E-state index in [1.165, 1.54) is 0 Å². The number of pyridine rings is 2. The fourth-order valence-electron chi connectivity index (χ4n) is 6.13. The van der Waals surface area contributed by atoms with Gasteiger partial charge in [-0.05, 0) is 58.6 Å². The average Bonchev–Trinajstić information content (AvgIpc) is 3.67. The Morgan fingerprint density at radius 1 is 1.10 bits per heavy atom. The lowest BCUT2D eigenvalue weighted by molar-refractivity contribution is 0.00232. The van der Waals surface area contributed by atoms with Gasteiger partial charge in [-0.3, -0.25) is 9.67 Å². The van der Waals surface area contributed by atoms with E-state index in [0.717, 1.165) is 63.6 Å². The number of aromatic nitrogens is 4. The minimum Gasteiger partial charge on any atom is -0.452 e. The zero-order chi connectivity index (χ0) is 26.9. The van der Waals surface area contributed by atoms with Crippen molar-refractivity contribution >= 4 is 44.3 Å². The standard InChI is InChI=1S/C29H30N6O3S/c1-29(2,3)38-28(36)35-17-4-5-18(35)9-19(8-17)34-14-16(11-33-34)22-12-32-27(30)26-21(22)10-24(37-26)23-15-39-25-13-31-7-6-20(23)25/h6-7,10-15,17-19H,4-5,8-9H2,1-3H3,(H2,30,32)/t17-,18+,19?. The highest BCUT2D eigenvalue weighted by molar-refractivity contribution is 7.17. The van der Waals surface area contributed by atoms with Gasteiger partial charge in [0.1, 0.15) is 11.4 Å². The second-order valence-electron chi connectivity index (χ2n) is 11.5. The summed E-state index contributed by atoms with van der Waals surface area (Å²) >= 11 is 1.64. The Balaban J connectivity index is 1.18. The van der Waals surface area contributed by atoms with Crippen LogP contribution in [0.1, 0.15) is 52.5 Å². The predicted molar refractivity (Wildman–Crippen MR) is 151 cm³/mol. The second-order valence-corrected chi connectivity index (χ2v) is 12.4. The molecular weight excluding hydrogens is 512 g/mol. The molecule has 1 unspecified atom stereocenters. The number of anilines is 1. The van der Waals surface area contributed by atoms with Crippen LogP contribution in [0.2, 0.25) is 0 Å². The van der Waals surface area contributed by atoms with Crippen molar-refractivity contribution in [3.05, 3.63) is 48.5 Å². The predicted octanol–water partition coefficient (Wildman–Crippen LogP) is 6.65. The fourth-order valence-corrected chi connectivity index (χ4v) is 7.05. The van der Waals surface area contributed by atoms with Gasteiger partial charge in [0.25, 0.3) is 0 Å². The topological polar surface area (TPSA) is 112 Å². The third-order valence-electron chi connectivity index (χ3n) is 7.83. The molecule has 39 heavy (non-hydrogen) atoms. The summed E-state index contributed by atoms with van der Waals surface area (Å²) in [6.45, 7) is 5.74. The first kappa shape index (κ1) is 24.1. The lowest BCUT2D eigenvalue weighted by atomic mass is 9.98. The number of rotatable bonds is 3. The van der Waals surface area contributed by atoms with Crippen LogP contribution < -0.4 is 5.73 Å². The van der Waals surface area contributed by atoms with E-state index in [1.807, 2.05) is 50.2 Å². The third-order valence-corrected chi connectivity index (χ3v) is 8.76. The highest BCUT2D eigenvalue weighted by Gasteiger charge is 2.45. The number of thiophene rings is 1. The van der Waals surface area contributed by atoms with Crippen molar-refractivity contribution in [3.8, 4) is 22.5 Å². The summed E-state index contributed by atoms with van der Waals surface area (Å²) in [4.78, 5) is 23.5. The van der Waals surface area contributed by atoms with E-state index in [9.17, 15) is 4.79 Å². The number of nitrogens with zero attached hydrogens (tertiary/aromatic N) is 5. The monoisotopic (exact) mass is 542 g/mol. The molecule has 1 amide bonds. The van der Waals surface area contributed by atoms with E-state index in [4.69, 9.17) is 20.0 Å². The van der Waals surface area contributed by atoms with Crippen molar-refractivity contribution in [3.63, 3.8) is 0 Å². The summed E-state index contributed by atoms with van der Waals surface area (Å²) in [6.07, 6.45) is 13.0. The van der Waals surface area contributed by atoms with Gasteiger partial charge >= 0.3 is 6.09 Å². The first-order chi connectivity index (χ1) is 18.7. The molecule has 0 aliphatic carbocycles. The number of nitrogens with two attached hydrogens (primary N) is 1. The zero-order valence-corrected chi connectivity index (χ0v) is 22.9. The van der Waals surface area contributed by atoms with E-state index in [1.54, 1.807) is 23.7 Å². The van der Waals surface area contributed by atoms with Gasteiger partial charge in [0.2, 0.25) is 0 Å². The SMILES string of the molecule is CC(C)(C)OC(=O)N1[C@@H]2CC[C@H]1CC(n1cc(-c3cnc(N)c4oc(-c5csc6cnccc56)cc34)cn1)C2. The zero-order valence-electron chi connectivity index (χ0n) is 22.1. The van der Waals surface area contributed by atoms with Crippen LogP contribution in [0.15, 0.2) is 52.9 Å². The summed E-state index contributed by atoms with van der Waals surface area (Å²) in [6, 6.07) is 4.61. The van der Waals surface area contributed by atoms with Crippen molar-refractivity contribution in [2.45, 2.75) is 70.2 Å². The maximum Gasteiger partial charge on any atom is 0.410 e. The molecule has 5 aromatic heterocycles. The van der Waals surface area contributed by atoms with Gasteiger partial charge in [-0.25, -0.2) is 9.78 Å². The molecular formula is C29H30N6O3S.